The molecule has 0 aliphatic rings. The van der Waals surface area contributed by atoms with Crippen molar-refractivity contribution in [1.82, 2.24) is 19.9 Å². The Kier molecular flexibility index (Phi) is 6.34. The summed E-state index contributed by atoms with van der Waals surface area (Å²) >= 11 is 7.18. The molecule has 4 rings (SSSR count). The number of thioether (sulfide) groups is 1. The van der Waals surface area contributed by atoms with Crippen molar-refractivity contribution in [3.63, 3.8) is 0 Å². The molecule has 0 spiro atoms. The van der Waals surface area contributed by atoms with E-state index >= 15 is 0 Å². The van der Waals surface area contributed by atoms with Crippen LogP contribution in [0.4, 0.5) is 0 Å². The second-order valence-corrected chi connectivity index (χ2v) is 8.32. The quantitative estimate of drug-likeness (QED) is 0.352. The van der Waals surface area contributed by atoms with Gasteiger partial charge in [0, 0.05) is 17.8 Å². The highest BCUT2D eigenvalue weighted by atomic mass is 35.5. The maximum Gasteiger partial charge on any atom is 0.267 e. The van der Waals surface area contributed by atoms with Gasteiger partial charge in [-0.15, -0.1) is 0 Å². The number of para-hydroxylation sites is 1. The van der Waals surface area contributed by atoms with Gasteiger partial charge in [0.1, 0.15) is 5.82 Å². The number of amides is 1. The van der Waals surface area contributed by atoms with Gasteiger partial charge in [0.2, 0.25) is 5.91 Å². The SMILES string of the molecule is Cc1ccc(-n2c(SCC(=O)NCc3cccc(Cl)c3)nc3ccccc3c2=O)nc1. The van der Waals surface area contributed by atoms with Crippen molar-refractivity contribution in [2.75, 3.05) is 5.75 Å². The molecule has 0 aliphatic carbocycles. The van der Waals surface area contributed by atoms with Gasteiger partial charge in [0.25, 0.3) is 5.56 Å². The molecule has 2 aromatic heterocycles. The molecule has 0 atom stereocenters. The summed E-state index contributed by atoms with van der Waals surface area (Å²) in [6.07, 6.45) is 1.70. The Morgan fingerprint density at radius 2 is 1.97 bits per heavy atom. The Morgan fingerprint density at radius 3 is 2.74 bits per heavy atom. The fourth-order valence-electron chi connectivity index (χ4n) is 3.03. The van der Waals surface area contributed by atoms with Crippen molar-refractivity contribution in [1.29, 1.82) is 0 Å². The van der Waals surface area contributed by atoms with Gasteiger partial charge >= 0.3 is 0 Å². The predicted octanol–water partition coefficient (Wildman–Crippen LogP) is 4.15. The molecule has 6 nitrogen and oxygen atoms in total. The highest BCUT2D eigenvalue weighted by molar-refractivity contribution is 7.99. The van der Waals surface area contributed by atoms with Crippen LogP contribution in [0, 0.1) is 6.92 Å². The first-order valence-corrected chi connectivity index (χ1v) is 11.0. The second-order valence-electron chi connectivity index (χ2n) is 6.94. The molecular formula is C23H19ClN4O2S. The van der Waals surface area contributed by atoms with E-state index in [1.807, 2.05) is 31.2 Å². The lowest BCUT2D eigenvalue weighted by Crippen LogP contribution is -2.26. The molecule has 156 valence electrons. The van der Waals surface area contributed by atoms with Crippen molar-refractivity contribution in [2.24, 2.45) is 0 Å². The van der Waals surface area contributed by atoms with E-state index in [-0.39, 0.29) is 17.2 Å². The number of nitrogens with zero attached hydrogens (tertiary/aromatic N) is 3. The zero-order chi connectivity index (χ0) is 21.8. The summed E-state index contributed by atoms with van der Waals surface area (Å²) in [7, 11) is 0. The van der Waals surface area contributed by atoms with Crippen molar-refractivity contribution >= 4 is 40.2 Å². The van der Waals surface area contributed by atoms with Crippen LogP contribution in [0.25, 0.3) is 16.7 Å². The summed E-state index contributed by atoms with van der Waals surface area (Å²) < 4.78 is 1.46. The Hall–Kier alpha value is -3.16. The number of fused-ring (bicyclic) bond motifs is 1. The van der Waals surface area contributed by atoms with Crippen LogP contribution in [0.3, 0.4) is 0 Å². The van der Waals surface area contributed by atoms with E-state index in [0.29, 0.717) is 33.4 Å². The first kappa shape index (κ1) is 21.1. The maximum atomic E-state index is 13.2. The smallest absolute Gasteiger partial charge is 0.267 e. The molecular weight excluding hydrogens is 432 g/mol. The molecule has 1 amide bonds. The molecule has 31 heavy (non-hydrogen) atoms. The van der Waals surface area contributed by atoms with Crippen molar-refractivity contribution < 1.29 is 4.79 Å². The van der Waals surface area contributed by atoms with Gasteiger partial charge in [0.05, 0.1) is 16.7 Å². The van der Waals surface area contributed by atoms with E-state index in [0.717, 1.165) is 11.1 Å². The number of pyridine rings is 1. The normalized spacial score (nSPS) is 10.9. The fourth-order valence-corrected chi connectivity index (χ4v) is 4.08. The van der Waals surface area contributed by atoms with Crippen LogP contribution in [-0.2, 0) is 11.3 Å². The highest BCUT2D eigenvalue weighted by Gasteiger charge is 2.15. The Labute approximate surface area is 188 Å². The zero-order valence-corrected chi connectivity index (χ0v) is 18.3. The van der Waals surface area contributed by atoms with Gasteiger partial charge in [-0.25, -0.2) is 14.5 Å². The van der Waals surface area contributed by atoms with E-state index < -0.39 is 0 Å². The number of hydrogen-bond donors (Lipinski definition) is 1. The van der Waals surface area contributed by atoms with Crippen LogP contribution in [0.1, 0.15) is 11.1 Å². The molecule has 8 heteroatoms. The van der Waals surface area contributed by atoms with Crippen LogP contribution >= 0.6 is 23.4 Å². The third-order valence-corrected chi connectivity index (χ3v) is 5.75. The monoisotopic (exact) mass is 450 g/mol. The molecule has 1 N–H and O–H groups in total. The second kappa shape index (κ2) is 9.32. The number of hydrogen-bond acceptors (Lipinski definition) is 5. The van der Waals surface area contributed by atoms with Gasteiger partial charge in [-0.3, -0.25) is 9.59 Å². The standard InChI is InChI=1S/C23H19ClN4O2S/c1-15-9-10-20(25-12-15)28-22(30)18-7-2-3-8-19(18)27-23(28)31-14-21(29)26-13-16-5-4-6-17(24)11-16/h2-12H,13-14H2,1H3,(H,26,29). The number of aryl methyl sites for hydroxylation is 1. The van der Waals surface area contributed by atoms with E-state index in [4.69, 9.17) is 11.6 Å². The highest BCUT2D eigenvalue weighted by Crippen LogP contribution is 2.20. The van der Waals surface area contributed by atoms with Gasteiger partial charge in [-0.05, 0) is 48.4 Å². The van der Waals surface area contributed by atoms with Gasteiger partial charge in [0.15, 0.2) is 5.16 Å². The molecule has 0 saturated carbocycles. The van der Waals surface area contributed by atoms with Crippen LogP contribution in [0.2, 0.25) is 5.02 Å². The van der Waals surface area contributed by atoms with Crippen molar-refractivity contribution in [3.8, 4) is 5.82 Å². The van der Waals surface area contributed by atoms with Crippen molar-refractivity contribution in [2.45, 2.75) is 18.6 Å². The van der Waals surface area contributed by atoms with E-state index in [1.54, 1.807) is 42.6 Å². The third-order valence-electron chi connectivity index (χ3n) is 4.58. The molecule has 0 radical (unpaired) electrons. The molecule has 4 aromatic rings. The molecule has 0 bridgehead atoms. The lowest BCUT2D eigenvalue weighted by Gasteiger charge is -2.12. The lowest BCUT2D eigenvalue weighted by atomic mass is 10.2. The van der Waals surface area contributed by atoms with Gasteiger partial charge < -0.3 is 5.32 Å². The summed E-state index contributed by atoms with van der Waals surface area (Å²) in [6.45, 7) is 2.30. The molecule has 0 saturated heterocycles. The number of benzene rings is 2. The summed E-state index contributed by atoms with van der Waals surface area (Å²) in [5.74, 6) is 0.406. The van der Waals surface area contributed by atoms with Crippen LogP contribution in [0.15, 0.2) is 76.8 Å². The lowest BCUT2D eigenvalue weighted by molar-refractivity contribution is -0.118. The van der Waals surface area contributed by atoms with E-state index in [1.165, 1.54) is 16.3 Å². The maximum absolute atomic E-state index is 13.2. The summed E-state index contributed by atoms with van der Waals surface area (Å²) in [5.41, 5.74) is 2.26. The molecule has 2 heterocycles. The van der Waals surface area contributed by atoms with E-state index in [2.05, 4.69) is 15.3 Å². The molecule has 0 aliphatic heterocycles. The number of rotatable bonds is 6. The van der Waals surface area contributed by atoms with Crippen molar-refractivity contribution in [3.05, 3.63) is 93.4 Å². The topological polar surface area (TPSA) is 76.9 Å². The number of carbonyl (C=O) groups is 1. The number of aromatic nitrogens is 3. The average molecular weight is 451 g/mol. The number of carbonyl (C=O) groups excluding carboxylic acids is 1. The molecule has 0 fully saturated rings. The molecule has 2 aromatic carbocycles. The Morgan fingerprint density at radius 1 is 1.13 bits per heavy atom. The number of nitrogens with one attached hydrogen (secondary N) is 1. The summed E-state index contributed by atoms with van der Waals surface area (Å²) in [4.78, 5) is 34.6. The largest absolute Gasteiger partial charge is 0.351 e. The summed E-state index contributed by atoms with van der Waals surface area (Å²) in [6, 6.07) is 18.1. The molecule has 0 unspecified atom stereocenters. The Bertz CT molecular complexity index is 1310. The first-order valence-electron chi connectivity index (χ1n) is 9.60. The average Bonchev–Trinajstić information content (AvgIpc) is 2.77. The predicted molar refractivity (Wildman–Crippen MR) is 124 cm³/mol. The summed E-state index contributed by atoms with van der Waals surface area (Å²) in [5, 5.41) is 4.40. The first-order chi connectivity index (χ1) is 15.0. The van der Waals surface area contributed by atoms with Crippen LogP contribution in [-0.4, -0.2) is 26.2 Å². The fraction of sp³-hybridized carbons (Fsp3) is 0.130. The van der Waals surface area contributed by atoms with Gasteiger partial charge in [-0.2, -0.15) is 0 Å². The zero-order valence-electron chi connectivity index (χ0n) is 16.7. The van der Waals surface area contributed by atoms with Crippen LogP contribution in [0.5, 0.6) is 0 Å². The van der Waals surface area contributed by atoms with Gasteiger partial charge in [-0.1, -0.05) is 53.7 Å². The minimum Gasteiger partial charge on any atom is -0.351 e. The minimum atomic E-state index is -0.219. The van der Waals surface area contributed by atoms with Crippen LogP contribution < -0.4 is 10.9 Å². The third kappa shape index (κ3) is 4.95. The minimum absolute atomic E-state index is 0.108. The Balaban J connectivity index is 1.59. The van der Waals surface area contributed by atoms with E-state index in [9.17, 15) is 9.59 Å². The number of halogens is 1.